The summed E-state index contributed by atoms with van der Waals surface area (Å²) in [6.45, 7) is 8.77. The highest BCUT2D eigenvalue weighted by molar-refractivity contribution is 6.04. The van der Waals surface area contributed by atoms with Gasteiger partial charge in [-0.3, -0.25) is 9.59 Å². The molecule has 3 rings (SSSR count). The van der Waals surface area contributed by atoms with Crippen LogP contribution in [0.3, 0.4) is 0 Å². The van der Waals surface area contributed by atoms with Gasteiger partial charge in [0.1, 0.15) is 11.3 Å². The average molecular weight is 460 g/mol. The second kappa shape index (κ2) is 10.3. The third kappa shape index (κ3) is 5.88. The van der Waals surface area contributed by atoms with Gasteiger partial charge in [0, 0.05) is 24.3 Å². The highest BCUT2D eigenvalue weighted by Crippen LogP contribution is 2.23. The van der Waals surface area contributed by atoms with Crippen molar-refractivity contribution in [3.05, 3.63) is 82.2 Å². The van der Waals surface area contributed by atoms with E-state index in [1.54, 1.807) is 55.1 Å². The largest absolute Gasteiger partial charge is 0.361 e. The zero-order valence-corrected chi connectivity index (χ0v) is 19.9. The standard InChI is InChI=1S/C26H29N5O3/c1-17-23(18(2)34-30-17)25(33)31(16-26(3,4)15-28)14-20-7-11-22(12-8-20)29-24(32)21-9-5-19(13-27)6-10-21/h5-12H,14-16,28H2,1-4H3,(H,29,32). The Labute approximate surface area is 199 Å². The van der Waals surface area contributed by atoms with Gasteiger partial charge in [-0.1, -0.05) is 31.1 Å². The molecule has 0 spiro atoms. The smallest absolute Gasteiger partial charge is 0.259 e. The number of rotatable bonds is 8. The summed E-state index contributed by atoms with van der Waals surface area (Å²) in [4.78, 5) is 27.6. The molecule has 0 saturated heterocycles. The Morgan fingerprint density at radius 3 is 2.29 bits per heavy atom. The van der Waals surface area contributed by atoms with Gasteiger partial charge >= 0.3 is 0 Å². The van der Waals surface area contributed by atoms with E-state index in [0.29, 0.717) is 53.5 Å². The van der Waals surface area contributed by atoms with Crippen LogP contribution < -0.4 is 11.1 Å². The molecule has 0 radical (unpaired) electrons. The van der Waals surface area contributed by atoms with Crippen molar-refractivity contribution in [1.29, 1.82) is 5.26 Å². The van der Waals surface area contributed by atoms with E-state index in [2.05, 4.69) is 10.5 Å². The second-order valence-corrected chi connectivity index (χ2v) is 9.07. The predicted molar refractivity (Wildman–Crippen MR) is 129 cm³/mol. The number of benzene rings is 2. The van der Waals surface area contributed by atoms with Crippen LogP contribution in [0, 0.1) is 30.6 Å². The number of amides is 2. The Bertz CT molecular complexity index is 1190. The van der Waals surface area contributed by atoms with E-state index in [4.69, 9.17) is 15.5 Å². The molecule has 1 aromatic heterocycles. The van der Waals surface area contributed by atoms with Crippen molar-refractivity contribution < 1.29 is 14.1 Å². The van der Waals surface area contributed by atoms with Gasteiger partial charge in [-0.15, -0.1) is 0 Å². The Morgan fingerprint density at radius 1 is 1.12 bits per heavy atom. The molecule has 3 aromatic rings. The first-order valence-electron chi connectivity index (χ1n) is 11.0. The van der Waals surface area contributed by atoms with E-state index >= 15 is 0 Å². The maximum atomic E-state index is 13.4. The first-order chi connectivity index (χ1) is 16.1. The van der Waals surface area contributed by atoms with Gasteiger partial charge in [-0.2, -0.15) is 5.26 Å². The van der Waals surface area contributed by atoms with E-state index < -0.39 is 0 Å². The molecule has 0 saturated carbocycles. The Kier molecular flexibility index (Phi) is 7.49. The fourth-order valence-corrected chi connectivity index (χ4v) is 3.54. The van der Waals surface area contributed by atoms with Crippen LogP contribution in [-0.4, -0.2) is 35.0 Å². The number of anilines is 1. The molecule has 1 heterocycles. The predicted octanol–water partition coefficient (Wildman–Crippen LogP) is 4.04. The molecular formula is C26H29N5O3. The van der Waals surface area contributed by atoms with Crippen LogP contribution in [0.2, 0.25) is 0 Å². The SMILES string of the molecule is Cc1noc(C)c1C(=O)N(Cc1ccc(NC(=O)c2ccc(C#N)cc2)cc1)CC(C)(C)CN. The van der Waals surface area contributed by atoms with E-state index in [-0.39, 0.29) is 17.2 Å². The van der Waals surface area contributed by atoms with Crippen molar-refractivity contribution in [1.82, 2.24) is 10.1 Å². The lowest BCUT2D eigenvalue weighted by Crippen LogP contribution is -2.42. The molecule has 3 N–H and O–H groups in total. The number of nitriles is 1. The van der Waals surface area contributed by atoms with Gasteiger partial charge in [0.2, 0.25) is 0 Å². The van der Waals surface area contributed by atoms with Crippen LogP contribution in [0.15, 0.2) is 53.1 Å². The maximum Gasteiger partial charge on any atom is 0.259 e. The zero-order valence-electron chi connectivity index (χ0n) is 19.9. The highest BCUT2D eigenvalue weighted by Gasteiger charge is 2.28. The summed E-state index contributed by atoms with van der Waals surface area (Å²) >= 11 is 0. The Balaban J connectivity index is 1.75. The number of carbonyl (C=O) groups is 2. The number of aromatic nitrogens is 1. The molecule has 8 nitrogen and oxygen atoms in total. The molecule has 0 aliphatic rings. The highest BCUT2D eigenvalue weighted by atomic mass is 16.5. The monoisotopic (exact) mass is 459 g/mol. The van der Waals surface area contributed by atoms with E-state index in [1.807, 2.05) is 32.0 Å². The molecule has 0 bridgehead atoms. The van der Waals surface area contributed by atoms with Crippen LogP contribution in [0.25, 0.3) is 0 Å². The van der Waals surface area contributed by atoms with Gasteiger partial charge in [0.05, 0.1) is 17.3 Å². The molecule has 176 valence electrons. The zero-order chi connectivity index (χ0) is 24.9. The molecule has 8 heteroatoms. The van der Waals surface area contributed by atoms with Gasteiger partial charge in [0.25, 0.3) is 11.8 Å². The lowest BCUT2D eigenvalue weighted by atomic mass is 9.92. The van der Waals surface area contributed by atoms with Crippen LogP contribution in [0.5, 0.6) is 0 Å². The maximum absolute atomic E-state index is 13.4. The third-order valence-electron chi connectivity index (χ3n) is 5.57. The number of hydrogen-bond donors (Lipinski definition) is 2. The molecule has 0 aliphatic heterocycles. The van der Waals surface area contributed by atoms with Crippen LogP contribution in [0.4, 0.5) is 5.69 Å². The summed E-state index contributed by atoms with van der Waals surface area (Å²) in [6, 6.07) is 15.8. The topological polar surface area (TPSA) is 125 Å². The first kappa shape index (κ1) is 24.7. The number of nitrogens with zero attached hydrogens (tertiary/aromatic N) is 3. The molecule has 0 fully saturated rings. The van der Waals surface area contributed by atoms with Gasteiger partial charge in [0.15, 0.2) is 0 Å². The second-order valence-electron chi connectivity index (χ2n) is 9.07. The van der Waals surface area contributed by atoms with Crippen molar-refractivity contribution in [2.24, 2.45) is 11.1 Å². The van der Waals surface area contributed by atoms with Crippen molar-refractivity contribution in [2.45, 2.75) is 34.2 Å². The fraction of sp³-hybridized carbons (Fsp3) is 0.308. The molecular weight excluding hydrogens is 430 g/mol. The van der Waals surface area contributed by atoms with Crippen molar-refractivity contribution >= 4 is 17.5 Å². The third-order valence-corrected chi connectivity index (χ3v) is 5.57. The van der Waals surface area contributed by atoms with E-state index in [9.17, 15) is 9.59 Å². The van der Waals surface area contributed by atoms with Crippen molar-refractivity contribution in [3.63, 3.8) is 0 Å². The number of hydrogen-bond acceptors (Lipinski definition) is 6. The lowest BCUT2D eigenvalue weighted by molar-refractivity contribution is 0.0671. The lowest BCUT2D eigenvalue weighted by Gasteiger charge is -2.32. The molecule has 0 atom stereocenters. The number of nitrogens with two attached hydrogens (primary N) is 1. The van der Waals surface area contributed by atoms with Gasteiger partial charge in [-0.25, -0.2) is 0 Å². The molecule has 0 unspecified atom stereocenters. The summed E-state index contributed by atoms with van der Waals surface area (Å²) in [5.41, 5.74) is 9.18. The minimum Gasteiger partial charge on any atom is -0.361 e. The number of carbonyl (C=O) groups excluding carboxylic acids is 2. The van der Waals surface area contributed by atoms with Crippen LogP contribution in [0.1, 0.15) is 57.1 Å². The summed E-state index contributed by atoms with van der Waals surface area (Å²) in [5, 5.41) is 15.7. The summed E-state index contributed by atoms with van der Waals surface area (Å²) in [7, 11) is 0. The Hall–Kier alpha value is -3.96. The fourth-order valence-electron chi connectivity index (χ4n) is 3.54. The minimum atomic E-state index is -0.274. The summed E-state index contributed by atoms with van der Waals surface area (Å²) in [6.07, 6.45) is 0. The minimum absolute atomic E-state index is 0.157. The molecule has 2 aromatic carbocycles. The normalized spacial score (nSPS) is 11.1. The van der Waals surface area contributed by atoms with Crippen LogP contribution >= 0.6 is 0 Å². The number of nitrogens with one attached hydrogen (secondary N) is 1. The summed E-state index contributed by atoms with van der Waals surface area (Å²) < 4.78 is 5.20. The Morgan fingerprint density at radius 2 is 1.76 bits per heavy atom. The summed E-state index contributed by atoms with van der Waals surface area (Å²) in [5.74, 6) is 0.0621. The van der Waals surface area contributed by atoms with Gasteiger partial charge < -0.3 is 20.5 Å². The number of aryl methyl sites for hydroxylation is 2. The van der Waals surface area contributed by atoms with E-state index in [0.717, 1.165) is 5.56 Å². The first-order valence-corrected chi connectivity index (χ1v) is 11.0. The quantitative estimate of drug-likeness (QED) is 0.524. The molecule has 2 amide bonds. The van der Waals surface area contributed by atoms with E-state index in [1.165, 1.54) is 0 Å². The van der Waals surface area contributed by atoms with Crippen LogP contribution in [-0.2, 0) is 6.54 Å². The molecule has 0 aliphatic carbocycles. The van der Waals surface area contributed by atoms with Crippen molar-refractivity contribution in [2.75, 3.05) is 18.4 Å². The molecule has 34 heavy (non-hydrogen) atoms. The van der Waals surface area contributed by atoms with Crippen molar-refractivity contribution in [3.8, 4) is 6.07 Å². The average Bonchev–Trinajstić information content (AvgIpc) is 3.17. The van der Waals surface area contributed by atoms with Gasteiger partial charge in [-0.05, 0) is 67.8 Å².